The Morgan fingerprint density at radius 1 is 1.20 bits per heavy atom. The van der Waals surface area contributed by atoms with Crippen LogP contribution in [0.2, 0.25) is 0 Å². The van der Waals surface area contributed by atoms with E-state index in [1.807, 2.05) is 32.9 Å². The van der Waals surface area contributed by atoms with Gasteiger partial charge in [-0.2, -0.15) is 0 Å². The summed E-state index contributed by atoms with van der Waals surface area (Å²) in [6, 6.07) is 7.05. The molecule has 1 N–H and O–H groups in total. The van der Waals surface area contributed by atoms with Gasteiger partial charge in [-0.05, 0) is 25.5 Å². The third-order valence-electron chi connectivity index (χ3n) is 3.09. The summed E-state index contributed by atoms with van der Waals surface area (Å²) in [5.41, 5.74) is 2.16. The van der Waals surface area contributed by atoms with Gasteiger partial charge in [-0.1, -0.05) is 26.0 Å². The van der Waals surface area contributed by atoms with Crippen LogP contribution < -0.4 is 5.32 Å². The third kappa shape index (κ3) is 3.13. The lowest BCUT2D eigenvalue weighted by Crippen LogP contribution is -2.06. The maximum absolute atomic E-state index is 13.7. The highest BCUT2D eigenvalue weighted by Gasteiger charge is 2.10. The highest BCUT2D eigenvalue weighted by Crippen LogP contribution is 2.24. The van der Waals surface area contributed by atoms with Crippen LogP contribution in [-0.4, -0.2) is 16.5 Å². The van der Waals surface area contributed by atoms with Crippen molar-refractivity contribution in [1.29, 1.82) is 0 Å². The monoisotopic (exact) mass is 273 g/mol. The number of anilines is 1. The first kappa shape index (κ1) is 14.4. The average Bonchev–Trinajstić information content (AvgIpc) is 2.42. The van der Waals surface area contributed by atoms with Crippen LogP contribution in [0.15, 0.2) is 24.3 Å². The van der Waals surface area contributed by atoms with E-state index in [9.17, 15) is 4.39 Å². The molecule has 0 fully saturated rings. The fourth-order valence-electron chi connectivity index (χ4n) is 1.90. The van der Waals surface area contributed by atoms with Gasteiger partial charge in [0.25, 0.3) is 0 Å². The van der Waals surface area contributed by atoms with Crippen LogP contribution in [0.3, 0.4) is 0 Å². The molecule has 20 heavy (non-hydrogen) atoms. The van der Waals surface area contributed by atoms with Gasteiger partial charge in [0.2, 0.25) is 0 Å². The molecule has 0 bridgehead atoms. The van der Waals surface area contributed by atoms with Gasteiger partial charge in [0.05, 0.1) is 5.69 Å². The molecule has 0 aliphatic rings. The molecule has 106 valence electrons. The maximum Gasteiger partial charge on any atom is 0.133 e. The molecule has 0 aliphatic carbocycles. The second-order valence-corrected chi connectivity index (χ2v) is 5.15. The Balaban J connectivity index is 2.51. The normalized spacial score (nSPS) is 10.9. The Kier molecular flexibility index (Phi) is 4.32. The lowest BCUT2D eigenvalue weighted by Gasteiger charge is -2.11. The van der Waals surface area contributed by atoms with Gasteiger partial charge in [0.15, 0.2) is 0 Å². The number of aryl methyl sites for hydroxylation is 1. The number of hydrogen-bond acceptors (Lipinski definition) is 3. The molecule has 0 unspecified atom stereocenters. The van der Waals surface area contributed by atoms with E-state index in [0.717, 1.165) is 29.4 Å². The van der Waals surface area contributed by atoms with Crippen LogP contribution in [0.5, 0.6) is 0 Å². The zero-order valence-corrected chi connectivity index (χ0v) is 12.4. The minimum Gasteiger partial charge on any atom is -0.370 e. The number of nitrogens with one attached hydrogen (secondary N) is 1. The fraction of sp³-hybridized carbons (Fsp3) is 0.375. The molecule has 4 heteroatoms. The van der Waals surface area contributed by atoms with Crippen molar-refractivity contribution in [3.05, 3.63) is 41.5 Å². The van der Waals surface area contributed by atoms with Crippen molar-refractivity contribution in [1.82, 2.24) is 9.97 Å². The van der Waals surface area contributed by atoms with Gasteiger partial charge in [-0.3, -0.25) is 0 Å². The van der Waals surface area contributed by atoms with Crippen LogP contribution in [0, 0.1) is 12.7 Å². The van der Waals surface area contributed by atoms with Crippen molar-refractivity contribution < 1.29 is 4.39 Å². The van der Waals surface area contributed by atoms with Crippen molar-refractivity contribution in [2.24, 2.45) is 0 Å². The summed E-state index contributed by atoms with van der Waals surface area (Å²) >= 11 is 0. The van der Waals surface area contributed by atoms with E-state index < -0.39 is 0 Å². The molecule has 2 rings (SSSR count). The first-order valence-electron chi connectivity index (χ1n) is 6.90. The quantitative estimate of drug-likeness (QED) is 0.909. The highest BCUT2D eigenvalue weighted by atomic mass is 19.1. The molecule has 0 saturated carbocycles. The Morgan fingerprint density at radius 3 is 2.55 bits per heavy atom. The largest absolute Gasteiger partial charge is 0.370 e. The van der Waals surface area contributed by atoms with Gasteiger partial charge in [-0.25, -0.2) is 14.4 Å². The standard InChI is InChI=1S/C16H20FN3/c1-5-18-15-9-14(19-16(20-15)10(2)3)12-7-6-11(4)13(17)8-12/h6-10H,5H2,1-4H3,(H,18,19,20). The lowest BCUT2D eigenvalue weighted by atomic mass is 10.1. The number of nitrogens with zero attached hydrogens (tertiary/aromatic N) is 2. The highest BCUT2D eigenvalue weighted by molar-refractivity contribution is 5.63. The summed E-state index contributed by atoms with van der Waals surface area (Å²) in [6.07, 6.45) is 0. The van der Waals surface area contributed by atoms with E-state index in [-0.39, 0.29) is 11.7 Å². The molecule has 0 spiro atoms. The Morgan fingerprint density at radius 2 is 1.95 bits per heavy atom. The average molecular weight is 273 g/mol. The van der Waals surface area contributed by atoms with Crippen molar-refractivity contribution >= 4 is 5.82 Å². The van der Waals surface area contributed by atoms with Gasteiger partial charge < -0.3 is 5.32 Å². The topological polar surface area (TPSA) is 37.8 Å². The summed E-state index contributed by atoms with van der Waals surface area (Å²) in [6.45, 7) is 8.65. The Hall–Kier alpha value is -1.97. The van der Waals surface area contributed by atoms with Crippen LogP contribution in [0.4, 0.5) is 10.2 Å². The predicted octanol–water partition coefficient (Wildman–Crippen LogP) is 4.15. The number of benzene rings is 1. The zero-order valence-electron chi connectivity index (χ0n) is 12.4. The molecule has 1 aromatic carbocycles. The van der Waals surface area contributed by atoms with E-state index >= 15 is 0 Å². The number of halogens is 1. The number of aromatic nitrogens is 2. The Labute approximate surface area is 119 Å². The van der Waals surface area contributed by atoms with E-state index in [1.165, 1.54) is 6.07 Å². The van der Waals surface area contributed by atoms with E-state index in [1.54, 1.807) is 13.0 Å². The number of rotatable bonds is 4. The SMILES string of the molecule is CCNc1cc(-c2ccc(C)c(F)c2)nc(C(C)C)n1. The molecular formula is C16H20FN3. The van der Waals surface area contributed by atoms with Crippen LogP contribution >= 0.6 is 0 Å². The minimum atomic E-state index is -0.211. The second-order valence-electron chi connectivity index (χ2n) is 5.15. The van der Waals surface area contributed by atoms with Crippen LogP contribution in [0.25, 0.3) is 11.3 Å². The van der Waals surface area contributed by atoms with Crippen molar-refractivity contribution in [2.75, 3.05) is 11.9 Å². The molecule has 3 nitrogen and oxygen atoms in total. The lowest BCUT2D eigenvalue weighted by molar-refractivity contribution is 0.619. The van der Waals surface area contributed by atoms with E-state index in [0.29, 0.717) is 5.56 Å². The van der Waals surface area contributed by atoms with E-state index in [4.69, 9.17) is 0 Å². The zero-order chi connectivity index (χ0) is 14.7. The minimum absolute atomic E-state index is 0.211. The van der Waals surface area contributed by atoms with Crippen molar-refractivity contribution in [3.63, 3.8) is 0 Å². The number of hydrogen-bond donors (Lipinski definition) is 1. The predicted molar refractivity (Wildman–Crippen MR) is 80.4 cm³/mol. The third-order valence-corrected chi connectivity index (χ3v) is 3.09. The van der Waals surface area contributed by atoms with Gasteiger partial charge in [-0.15, -0.1) is 0 Å². The molecule has 1 aromatic heterocycles. The van der Waals surface area contributed by atoms with Crippen molar-refractivity contribution in [3.8, 4) is 11.3 Å². The van der Waals surface area contributed by atoms with Gasteiger partial charge >= 0.3 is 0 Å². The molecule has 0 aliphatic heterocycles. The van der Waals surface area contributed by atoms with E-state index in [2.05, 4.69) is 15.3 Å². The smallest absolute Gasteiger partial charge is 0.133 e. The first-order chi connectivity index (χ1) is 9.51. The summed E-state index contributed by atoms with van der Waals surface area (Å²) in [5.74, 6) is 1.56. The summed E-state index contributed by atoms with van der Waals surface area (Å²) in [5, 5.41) is 3.19. The molecule has 0 saturated heterocycles. The summed E-state index contributed by atoms with van der Waals surface area (Å²) in [4.78, 5) is 9.01. The fourth-order valence-corrected chi connectivity index (χ4v) is 1.90. The molecule has 2 aromatic rings. The molecule has 0 radical (unpaired) electrons. The van der Waals surface area contributed by atoms with Gasteiger partial charge in [0, 0.05) is 24.1 Å². The maximum atomic E-state index is 13.7. The first-order valence-corrected chi connectivity index (χ1v) is 6.90. The van der Waals surface area contributed by atoms with Crippen LogP contribution in [-0.2, 0) is 0 Å². The van der Waals surface area contributed by atoms with Gasteiger partial charge in [0.1, 0.15) is 17.5 Å². The Bertz CT molecular complexity index is 609. The molecular weight excluding hydrogens is 253 g/mol. The summed E-state index contributed by atoms with van der Waals surface area (Å²) < 4.78 is 13.7. The molecule has 0 amide bonds. The molecule has 0 atom stereocenters. The second kappa shape index (κ2) is 5.99. The van der Waals surface area contributed by atoms with Crippen LogP contribution in [0.1, 0.15) is 38.1 Å². The van der Waals surface area contributed by atoms with Crippen molar-refractivity contribution in [2.45, 2.75) is 33.6 Å². The summed E-state index contributed by atoms with van der Waals surface area (Å²) in [7, 11) is 0. The molecule has 1 heterocycles.